The van der Waals surface area contributed by atoms with Crippen LogP contribution in [0.5, 0.6) is 0 Å². The predicted molar refractivity (Wildman–Crippen MR) is 79.8 cm³/mol. The Morgan fingerprint density at radius 1 is 1.33 bits per heavy atom. The normalized spacial score (nSPS) is 13.4. The molecule has 0 radical (unpaired) electrons. The number of amides is 1. The van der Waals surface area contributed by atoms with Crippen molar-refractivity contribution in [2.45, 2.75) is 6.04 Å². The molecule has 1 aromatic heterocycles. The molecule has 21 heavy (non-hydrogen) atoms. The Morgan fingerprint density at radius 2 is 2.05 bits per heavy atom. The molecule has 1 aromatic carbocycles. The van der Waals surface area contributed by atoms with Crippen LogP contribution in [0.25, 0.3) is 0 Å². The summed E-state index contributed by atoms with van der Waals surface area (Å²) in [6, 6.07) is 11.4. The van der Waals surface area contributed by atoms with Crippen LogP contribution in [0, 0.1) is 5.95 Å². The molecule has 2 aromatic rings. The van der Waals surface area contributed by atoms with E-state index >= 15 is 0 Å². The van der Waals surface area contributed by atoms with Crippen LogP contribution in [0.4, 0.5) is 4.39 Å². The molecule has 1 amide bonds. The first-order chi connectivity index (χ1) is 10.1. The molecule has 0 unspecified atom stereocenters. The van der Waals surface area contributed by atoms with Gasteiger partial charge in [-0.15, -0.1) is 0 Å². The zero-order chi connectivity index (χ0) is 15.2. The van der Waals surface area contributed by atoms with Crippen LogP contribution in [0.15, 0.2) is 48.7 Å². The van der Waals surface area contributed by atoms with Gasteiger partial charge in [-0.1, -0.05) is 30.3 Å². The smallest absolute Gasteiger partial charge is 0.252 e. The van der Waals surface area contributed by atoms with Gasteiger partial charge in [-0.05, 0) is 11.6 Å². The van der Waals surface area contributed by atoms with Gasteiger partial charge in [0.05, 0.1) is 6.04 Å². The van der Waals surface area contributed by atoms with E-state index in [0.717, 1.165) is 11.6 Å². The van der Waals surface area contributed by atoms with Gasteiger partial charge in [0, 0.05) is 40.6 Å². The second-order valence-corrected chi connectivity index (χ2v) is 6.02. The fourth-order valence-corrected chi connectivity index (χ4v) is 2.67. The average molecular weight is 306 g/mol. The quantitative estimate of drug-likeness (QED) is 0.860. The summed E-state index contributed by atoms with van der Waals surface area (Å²) in [6.45, 7) is 0. The number of hydrogen-bond donors (Lipinski definition) is 1. The molecule has 0 fully saturated rings. The minimum Gasteiger partial charge on any atom is -0.344 e. The highest BCUT2D eigenvalue weighted by molar-refractivity contribution is 7.84. The van der Waals surface area contributed by atoms with Crippen LogP contribution < -0.4 is 5.32 Å². The van der Waals surface area contributed by atoms with Crippen LogP contribution in [0.1, 0.15) is 22.0 Å². The van der Waals surface area contributed by atoms with E-state index in [-0.39, 0.29) is 11.6 Å². The van der Waals surface area contributed by atoms with Crippen molar-refractivity contribution >= 4 is 16.7 Å². The summed E-state index contributed by atoms with van der Waals surface area (Å²) < 4.78 is 24.5. The fraction of sp³-hybridized carbons (Fsp3) is 0.200. The fourth-order valence-electron chi connectivity index (χ4n) is 1.93. The van der Waals surface area contributed by atoms with Crippen LogP contribution in [-0.2, 0) is 10.8 Å². The lowest BCUT2D eigenvalue weighted by molar-refractivity contribution is 0.0940. The molecule has 0 saturated heterocycles. The Hall–Kier alpha value is -2.08. The highest BCUT2D eigenvalue weighted by atomic mass is 32.2. The molecule has 6 heteroatoms. The number of carbonyl (C=O) groups excluding carboxylic acids is 1. The molecular weight excluding hydrogens is 291 g/mol. The molecule has 0 saturated carbocycles. The Bertz CT molecular complexity index is 649. The Morgan fingerprint density at radius 3 is 2.67 bits per heavy atom. The van der Waals surface area contributed by atoms with E-state index < -0.39 is 22.7 Å². The topological polar surface area (TPSA) is 59.1 Å². The van der Waals surface area contributed by atoms with E-state index in [9.17, 15) is 13.4 Å². The third kappa shape index (κ3) is 4.46. The van der Waals surface area contributed by atoms with Crippen molar-refractivity contribution in [2.75, 3.05) is 12.0 Å². The van der Waals surface area contributed by atoms with Gasteiger partial charge in [0.15, 0.2) is 0 Å². The Balaban J connectivity index is 2.19. The third-order valence-corrected chi connectivity index (χ3v) is 3.70. The second-order valence-electron chi connectivity index (χ2n) is 4.54. The van der Waals surface area contributed by atoms with Crippen LogP contribution in [0.3, 0.4) is 0 Å². The lowest BCUT2D eigenvalue weighted by atomic mass is 10.1. The standard InChI is InChI=1S/C15H15FN2O2S/c1-21(20)10-13(11-5-3-2-4-6-11)18-15(19)12-7-8-17-14(16)9-12/h2-9,13H,10H2,1H3,(H,18,19)/t13-,21+/m1/s1. The van der Waals surface area contributed by atoms with Crippen molar-refractivity contribution in [1.29, 1.82) is 0 Å². The summed E-state index contributed by atoms with van der Waals surface area (Å²) in [4.78, 5) is 15.6. The van der Waals surface area contributed by atoms with Gasteiger partial charge in [0.25, 0.3) is 5.91 Å². The number of pyridine rings is 1. The summed E-state index contributed by atoms with van der Waals surface area (Å²) in [5.74, 6) is -0.836. The molecule has 2 rings (SSSR count). The predicted octanol–water partition coefficient (Wildman–Crippen LogP) is 2.07. The highest BCUT2D eigenvalue weighted by Gasteiger charge is 2.17. The zero-order valence-corrected chi connectivity index (χ0v) is 12.3. The van der Waals surface area contributed by atoms with Gasteiger partial charge in [0.1, 0.15) is 0 Å². The first-order valence-electron chi connectivity index (χ1n) is 6.33. The van der Waals surface area contributed by atoms with Crippen molar-refractivity contribution in [3.05, 3.63) is 65.7 Å². The van der Waals surface area contributed by atoms with Gasteiger partial charge in [-0.2, -0.15) is 4.39 Å². The molecular formula is C15H15FN2O2S. The van der Waals surface area contributed by atoms with E-state index in [1.807, 2.05) is 30.3 Å². The minimum atomic E-state index is -1.07. The van der Waals surface area contributed by atoms with Crippen LogP contribution >= 0.6 is 0 Å². The maximum absolute atomic E-state index is 13.1. The molecule has 110 valence electrons. The summed E-state index contributed by atoms with van der Waals surface area (Å²) in [7, 11) is -1.07. The molecule has 0 bridgehead atoms. The first-order valence-corrected chi connectivity index (χ1v) is 8.06. The van der Waals surface area contributed by atoms with E-state index in [0.29, 0.717) is 5.75 Å². The summed E-state index contributed by atoms with van der Waals surface area (Å²) in [5.41, 5.74) is 1.04. The Kier molecular flexibility index (Phi) is 5.16. The number of rotatable bonds is 5. The van der Waals surface area contributed by atoms with Gasteiger partial charge in [0.2, 0.25) is 5.95 Å². The maximum atomic E-state index is 13.1. The van der Waals surface area contributed by atoms with Gasteiger partial charge >= 0.3 is 0 Å². The summed E-state index contributed by atoms with van der Waals surface area (Å²) in [6.07, 6.45) is 2.81. The van der Waals surface area contributed by atoms with Crippen molar-refractivity contribution in [2.24, 2.45) is 0 Å². The number of hydrogen-bond acceptors (Lipinski definition) is 3. The SMILES string of the molecule is C[S@](=O)C[C@@H](NC(=O)c1ccnc(F)c1)c1ccccc1. The van der Waals surface area contributed by atoms with Gasteiger partial charge in [-0.25, -0.2) is 4.98 Å². The monoisotopic (exact) mass is 306 g/mol. The van der Waals surface area contributed by atoms with Crippen LogP contribution in [0.2, 0.25) is 0 Å². The number of nitrogens with zero attached hydrogens (tertiary/aromatic N) is 1. The molecule has 1 heterocycles. The molecule has 1 N–H and O–H groups in total. The Labute approximate surface area is 124 Å². The van der Waals surface area contributed by atoms with Gasteiger partial charge in [-0.3, -0.25) is 9.00 Å². The van der Waals surface area contributed by atoms with Crippen molar-refractivity contribution in [3.8, 4) is 0 Å². The third-order valence-electron chi connectivity index (χ3n) is 2.90. The first kappa shape index (κ1) is 15.3. The van der Waals surface area contributed by atoms with E-state index in [4.69, 9.17) is 0 Å². The maximum Gasteiger partial charge on any atom is 0.252 e. The number of carbonyl (C=O) groups is 1. The number of aromatic nitrogens is 1. The second kappa shape index (κ2) is 7.08. The van der Waals surface area contributed by atoms with E-state index in [1.165, 1.54) is 12.3 Å². The van der Waals surface area contributed by atoms with Crippen LogP contribution in [-0.4, -0.2) is 27.1 Å². The zero-order valence-electron chi connectivity index (χ0n) is 11.5. The number of halogens is 1. The molecule has 0 aliphatic rings. The molecule has 4 nitrogen and oxygen atoms in total. The largest absolute Gasteiger partial charge is 0.344 e. The van der Waals surface area contributed by atoms with E-state index in [2.05, 4.69) is 10.3 Å². The summed E-state index contributed by atoms with van der Waals surface area (Å²) >= 11 is 0. The van der Waals surface area contributed by atoms with Crippen molar-refractivity contribution < 1.29 is 13.4 Å². The number of benzene rings is 1. The van der Waals surface area contributed by atoms with Crippen molar-refractivity contribution in [3.63, 3.8) is 0 Å². The van der Waals surface area contributed by atoms with Gasteiger partial charge < -0.3 is 5.32 Å². The molecule has 2 atom stereocenters. The lowest BCUT2D eigenvalue weighted by Gasteiger charge is -2.18. The summed E-state index contributed by atoms with van der Waals surface area (Å²) in [5, 5.41) is 2.78. The molecule has 0 aliphatic heterocycles. The van der Waals surface area contributed by atoms with E-state index in [1.54, 1.807) is 6.26 Å². The average Bonchev–Trinajstić information content (AvgIpc) is 2.47. The molecule has 0 aliphatic carbocycles. The minimum absolute atomic E-state index is 0.185. The lowest BCUT2D eigenvalue weighted by Crippen LogP contribution is -2.32. The molecule has 0 spiro atoms. The highest BCUT2D eigenvalue weighted by Crippen LogP contribution is 2.14. The number of nitrogens with one attached hydrogen (secondary N) is 1. The van der Waals surface area contributed by atoms with Crippen molar-refractivity contribution in [1.82, 2.24) is 10.3 Å².